The zero-order valence-electron chi connectivity index (χ0n) is 17.1. The van der Waals surface area contributed by atoms with Crippen LogP contribution in [-0.4, -0.2) is 27.8 Å². The van der Waals surface area contributed by atoms with E-state index in [9.17, 15) is 4.79 Å². The highest BCUT2D eigenvalue weighted by Gasteiger charge is 2.26. The van der Waals surface area contributed by atoms with Crippen molar-refractivity contribution in [3.63, 3.8) is 0 Å². The Labute approximate surface area is 170 Å². The van der Waals surface area contributed by atoms with Crippen molar-refractivity contribution in [2.24, 2.45) is 0 Å². The molecule has 1 saturated carbocycles. The molecule has 4 rings (SSSR count). The van der Waals surface area contributed by atoms with Gasteiger partial charge in [-0.05, 0) is 38.8 Å². The van der Waals surface area contributed by atoms with Crippen LogP contribution in [0, 0.1) is 13.8 Å². The molecule has 29 heavy (non-hydrogen) atoms. The van der Waals surface area contributed by atoms with Crippen molar-refractivity contribution in [3.8, 4) is 17.2 Å². The average Bonchev–Trinajstić information content (AvgIpc) is 3.25. The van der Waals surface area contributed by atoms with Gasteiger partial charge in [-0.2, -0.15) is 0 Å². The van der Waals surface area contributed by atoms with Crippen LogP contribution in [0.3, 0.4) is 0 Å². The lowest BCUT2D eigenvalue weighted by atomic mass is 9.85. The standard InChI is InChI=1S/C22H26N4O3/c1-14-11-18(22-25-24-21(29-22)16-8-6-9-16)15(2)26(14)13-20(27)23-12-17-7-4-5-10-19(17)28-3/h4-5,7,10-11,16H,6,8-9,12-13H2,1-3H3,(H,23,27). The van der Waals surface area contributed by atoms with Crippen molar-refractivity contribution < 1.29 is 13.9 Å². The number of nitrogens with zero attached hydrogens (tertiary/aromatic N) is 3. The Kier molecular flexibility index (Phi) is 5.38. The first-order valence-electron chi connectivity index (χ1n) is 9.96. The van der Waals surface area contributed by atoms with Gasteiger partial charge in [0.05, 0.1) is 12.7 Å². The molecular formula is C22H26N4O3. The number of nitrogens with one attached hydrogen (secondary N) is 1. The summed E-state index contributed by atoms with van der Waals surface area (Å²) in [4.78, 5) is 12.6. The summed E-state index contributed by atoms with van der Waals surface area (Å²) < 4.78 is 13.2. The Morgan fingerprint density at radius 1 is 1.28 bits per heavy atom. The number of amides is 1. The number of aryl methyl sites for hydroxylation is 1. The van der Waals surface area contributed by atoms with Crippen LogP contribution < -0.4 is 10.1 Å². The van der Waals surface area contributed by atoms with Gasteiger partial charge in [0.25, 0.3) is 0 Å². The van der Waals surface area contributed by atoms with E-state index in [4.69, 9.17) is 9.15 Å². The highest BCUT2D eigenvalue weighted by Crippen LogP contribution is 2.37. The smallest absolute Gasteiger partial charge is 0.249 e. The molecule has 152 valence electrons. The third-order valence-corrected chi connectivity index (χ3v) is 5.67. The minimum absolute atomic E-state index is 0.0649. The highest BCUT2D eigenvalue weighted by molar-refractivity contribution is 5.76. The molecule has 0 spiro atoms. The number of carbonyl (C=O) groups excluding carboxylic acids is 1. The van der Waals surface area contributed by atoms with Crippen molar-refractivity contribution >= 4 is 5.91 Å². The van der Waals surface area contributed by atoms with Crippen molar-refractivity contribution in [3.05, 3.63) is 53.2 Å². The summed E-state index contributed by atoms with van der Waals surface area (Å²) >= 11 is 0. The molecule has 0 bridgehead atoms. The van der Waals surface area contributed by atoms with Crippen LogP contribution >= 0.6 is 0 Å². The predicted molar refractivity (Wildman–Crippen MR) is 109 cm³/mol. The molecule has 1 fully saturated rings. The number of rotatable bonds is 7. The lowest BCUT2D eigenvalue weighted by molar-refractivity contribution is -0.121. The molecule has 0 radical (unpaired) electrons. The Morgan fingerprint density at radius 2 is 2.07 bits per heavy atom. The van der Waals surface area contributed by atoms with Crippen LogP contribution in [0.15, 0.2) is 34.7 Å². The van der Waals surface area contributed by atoms with Crippen molar-refractivity contribution in [1.82, 2.24) is 20.1 Å². The zero-order chi connectivity index (χ0) is 20.4. The predicted octanol–water partition coefficient (Wildman–Crippen LogP) is 3.75. The first-order chi connectivity index (χ1) is 14.1. The number of para-hydroxylation sites is 1. The molecule has 7 heteroatoms. The van der Waals surface area contributed by atoms with Crippen LogP contribution in [0.25, 0.3) is 11.5 Å². The van der Waals surface area contributed by atoms with Gasteiger partial charge >= 0.3 is 0 Å². The first kappa shape index (κ1) is 19.2. The fraction of sp³-hybridized carbons (Fsp3) is 0.409. The molecule has 0 saturated heterocycles. The van der Waals surface area contributed by atoms with E-state index in [1.165, 1.54) is 6.42 Å². The molecule has 1 aliphatic rings. The molecule has 1 aromatic carbocycles. The van der Waals surface area contributed by atoms with Gasteiger partial charge in [-0.25, -0.2) is 0 Å². The monoisotopic (exact) mass is 394 g/mol. The van der Waals surface area contributed by atoms with Gasteiger partial charge in [-0.1, -0.05) is 24.6 Å². The molecule has 3 aromatic rings. The third kappa shape index (κ3) is 3.90. The molecule has 0 atom stereocenters. The second kappa shape index (κ2) is 8.11. The second-order valence-corrected chi connectivity index (χ2v) is 7.53. The summed E-state index contributed by atoms with van der Waals surface area (Å²) in [5.41, 5.74) is 3.75. The van der Waals surface area contributed by atoms with E-state index in [1.807, 2.05) is 48.7 Å². The van der Waals surface area contributed by atoms with Crippen LogP contribution in [0.4, 0.5) is 0 Å². The van der Waals surface area contributed by atoms with Crippen molar-refractivity contribution in [2.45, 2.75) is 52.1 Å². The topological polar surface area (TPSA) is 82.2 Å². The van der Waals surface area contributed by atoms with E-state index in [0.29, 0.717) is 18.4 Å². The summed E-state index contributed by atoms with van der Waals surface area (Å²) in [5.74, 6) is 2.36. The largest absolute Gasteiger partial charge is 0.496 e. The van der Waals surface area contributed by atoms with Gasteiger partial charge in [-0.15, -0.1) is 10.2 Å². The van der Waals surface area contributed by atoms with Crippen LogP contribution in [0.2, 0.25) is 0 Å². The molecule has 2 aromatic heterocycles. The second-order valence-electron chi connectivity index (χ2n) is 7.53. The number of ether oxygens (including phenoxy) is 1. The highest BCUT2D eigenvalue weighted by atomic mass is 16.5. The summed E-state index contributed by atoms with van der Waals surface area (Å²) in [6, 6.07) is 9.67. The maximum atomic E-state index is 12.6. The quantitative estimate of drug-likeness (QED) is 0.660. The normalized spacial score (nSPS) is 13.9. The van der Waals surface area contributed by atoms with Gasteiger partial charge in [-0.3, -0.25) is 4.79 Å². The van der Waals surface area contributed by atoms with Crippen LogP contribution in [0.5, 0.6) is 5.75 Å². The van der Waals surface area contributed by atoms with E-state index in [1.54, 1.807) is 7.11 Å². The molecule has 1 aliphatic carbocycles. The number of benzene rings is 1. The molecule has 2 heterocycles. The third-order valence-electron chi connectivity index (χ3n) is 5.67. The fourth-order valence-corrected chi connectivity index (χ4v) is 3.67. The zero-order valence-corrected chi connectivity index (χ0v) is 17.1. The number of methoxy groups -OCH3 is 1. The van der Waals surface area contributed by atoms with Crippen molar-refractivity contribution in [2.75, 3.05) is 7.11 Å². The summed E-state index contributed by atoms with van der Waals surface area (Å²) in [7, 11) is 1.63. The maximum Gasteiger partial charge on any atom is 0.249 e. The van der Waals surface area contributed by atoms with Gasteiger partial charge in [0, 0.05) is 29.4 Å². The Hall–Kier alpha value is -3.09. The average molecular weight is 394 g/mol. The number of hydrogen-bond acceptors (Lipinski definition) is 5. The lowest BCUT2D eigenvalue weighted by Gasteiger charge is -2.20. The SMILES string of the molecule is COc1ccccc1CNC(=O)Cn1c(C)cc(-c2nnc(C3CCC3)o2)c1C. The number of aromatic nitrogens is 3. The van der Waals surface area contributed by atoms with Crippen LogP contribution in [0.1, 0.15) is 48.0 Å². The van der Waals surface area contributed by atoms with E-state index >= 15 is 0 Å². The number of carbonyl (C=O) groups is 1. The minimum atomic E-state index is -0.0649. The lowest BCUT2D eigenvalue weighted by Crippen LogP contribution is -2.28. The Morgan fingerprint density at radius 3 is 2.79 bits per heavy atom. The Bertz CT molecular complexity index is 1020. The number of hydrogen-bond donors (Lipinski definition) is 1. The summed E-state index contributed by atoms with van der Waals surface area (Å²) in [6.07, 6.45) is 3.46. The Balaban J connectivity index is 1.45. The molecule has 0 unspecified atom stereocenters. The fourth-order valence-electron chi connectivity index (χ4n) is 3.67. The van der Waals surface area contributed by atoms with Crippen LogP contribution in [-0.2, 0) is 17.9 Å². The minimum Gasteiger partial charge on any atom is -0.496 e. The van der Waals surface area contributed by atoms with Crippen molar-refractivity contribution in [1.29, 1.82) is 0 Å². The van der Waals surface area contributed by atoms with Gasteiger partial charge < -0.3 is 19.0 Å². The van der Waals surface area contributed by atoms with Gasteiger partial charge in [0.1, 0.15) is 12.3 Å². The summed E-state index contributed by atoms with van der Waals surface area (Å²) in [6.45, 7) is 4.61. The molecule has 1 amide bonds. The molecule has 1 N–H and O–H groups in total. The first-order valence-corrected chi connectivity index (χ1v) is 9.96. The van der Waals surface area contributed by atoms with E-state index < -0.39 is 0 Å². The van der Waals surface area contributed by atoms with E-state index in [0.717, 1.165) is 47.0 Å². The van der Waals surface area contributed by atoms with Gasteiger partial charge in [0.2, 0.25) is 17.7 Å². The molecule has 7 nitrogen and oxygen atoms in total. The summed E-state index contributed by atoms with van der Waals surface area (Å²) in [5, 5.41) is 11.4. The molecule has 0 aliphatic heterocycles. The van der Waals surface area contributed by atoms with E-state index in [-0.39, 0.29) is 12.5 Å². The van der Waals surface area contributed by atoms with Gasteiger partial charge in [0.15, 0.2) is 0 Å². The maximum absolute atomic E-state index is 12.6. The molecular weight excluding hydrogens is 368 g/mol. The van der Waals surface area contributed by atoms with E-state index in [2.05, 4.69) is 15.5 Å².